The van der Waals surface area contributed by atoms with Gasteiger partial charge in [-0.25, -0.2) is 4.98 Å². The van der Waals surface area contributed by atoms with Crippen molar-refractivity contribution in [3.63, 3.8) is 0 Å². The molecule has 0 radical (unpaired) electrons. The summed E-state index contributed by atoms with van der Waals surface area (Å²) in [5.41, 5.74) is 2.98. The van der Waals surface area contributed by atoms with Crippen molar-refractivity contribution in [2.45, 2.75) is 50.4 Å². The van der Waals surface area contributed by atoms with Crippen molar-refractivity contribution in [1.82, 2.24) is 14.0 Å². The Balaban J connectivity index is 1.53. The lowest BCUT2D eigenvalue weighted by Crippen LogP contribution is -2.26. The highest BCUT2D eigenvalue weighted by atomic mass is 35.5. The topological polar surface area (TPSA) is 42.5 Å². The standard InChI is InChI=1S/C23H21ClF3N3O/c24-21-17(8-10-29-16(12-23(25,26)27)13-28-22(21)29)14-5-6-18-15(11-14)7-9-30(18)19-3-1-2-4-20(19)31/h5-11,13,19-20,31H,1-4,12H2. The summed E-state index contributed by atoms with van der Waals surface area (Å²) in [4.78, 5) is 4.12. The maximum atomic E-state index is 12.8. The third-order valence-electron chi connectivity index (χ3n) is 6.16. The molecule has 1 fully saturated rings. The van der Waals surface area contributed by atoms with Crippen molar-refractivity contribution in [2.75, 3.05) is 0 Å². The number of benzene rings is 1. The Labute approximate surface area is 181 Å². The number of aliphatic hydroxyl groups excluding tert-OH is 1. The highest BCUT2D eigenvalue weighted by molar-refractivity contribution is 6.36. The number of nitrogens with zero attached hydrogens (tertiary/aromatic N) is 3. The third kappa shape index (κ3) is 3.70. The van der Waals surface area contributed by atoms with Gasteiger partial charge in [0.15, 0.2) is 5.65 Å². The van der Waals surface area contributed by atoms with E-state index in [4.69, 9.17) is 11.6 Å². The number of pyridine rings is 1. The summed E-state index contributed by atoms with van der Waals surface area (Å²) in [7, 11) is 0. The van der Waals surface area contributed by atoms with Crippen LogP contribution in [0.5, 0.6) is 0 Å². The highest BCUT2D eigenvalue weighted by Gasteiger charge is 2.30. The average Bonchev–Trinajstić information content (AvgIpc) is 3.32. The van der Waals surface area contributed by atoms with E-state index in [1.807, 2.05) is 30.5 Å². The number of hydrogen-bond acceptors (Lipinski definition) is 2. The van der Waals surface area contributed by atoms with E-state index >= 15 is 0 Å². The quantitative estimate of drug-likeness (QED) is 0.407. The molecule has 5 rings (SSSR count). The number of fused-ring (bicyclic) bond motifs is 2. The minimum Gasteiger partial charge on any atom is -0.391 e. The van der Waals surface area contributed by atoms with Gasteiger partial charge in [-0.1, -0.05) is 30.5 Å². The van der Waals surface area contributed by atoms with E-state index in [2.05, 4.69) is 9.55 Å². The maximum Gasteiger partial charge on any atom is 0.394 e. The summed E-state index contributed by atoms with van der Waals surface area (Å²) in [5.74, 6) is 0. The molecule has 1 saturated carbocycles. The molecule has 1 aromatic carbocycles. The molecule has 0 spiro atoms. The first-order valence-corrected chi connectivity index (χ1v) is 10.7. The number of aliphatic hydroxyl groups is 1. The van der Waals surface area contributed by atoms with Gasteiger partial charge < -0.3 is 14.1 Å². The Morgan fingerprint density at radius 3 is 2.68 bits per heavy atom. The van der Waals surface area contributed by atoms with Gasteiger partial charge in [0, 0.05) is 35.1 Å². The van der Waals surface area contributed by atoms with Crippen molar-refractivity contribution in [1.29, 1.82) is 0 Å². The van der Waals surface area contributed by atoms with Crippen molar-refractivity contribution in [2.24, 2.45) is 0 Å². The predicted molar refractivity (Wildman–Crippen MR) is 114 cm³/mol. The molecule has 0 bridgehead atoms. The van der Waals surface area contributed by atoms with Crippen LogP contribution in [0.15, 0.2) is 48.9 Å². The molecule has 3 heterocycles. The van der Waals surface area contributed by atoms with Gasteiger partial charge >= 0.3 is 6.18 Å². The Morgan fingerprint density at radius 2 is 1.90 bits per heavy atom. The maximum absolute atomic E-state index is 12.8. The molecular weight excluding hydrogens is 427 g/mol. The van der Waals surface area contributed by atoms with Crippen molar-refractivity contribution in [3.8, 4) is 11.1 Å². The largest absolute Gasteiger partial charge is 0.394 e. The Kier molecular flexibility index (Phi) is 4.98. The lowest BCUT2D eigenvalue weighted by Gasteiger charge is -2.29. The summed E-state index contributed by atoms with van der Waals surface area (Å²) in [6.07, 6.45) is 3.03. The van der Waals surface area contributed by atoms with Crippen LogP contribution in [-0.2, 0) is 6.42 Å². The molecule has 0 saturated heterocycles. The number of aromatic nitrogens is 3. The molecule has 2 unspecified atom stereocenters. The summed E-state index contributed by atoms with van der Waals surface area (Å²) in [6.45, 7) is 0. The second kappa shape index (κ2) is 7.57. The molecule has 3 aromatic heterocycles. The zero-order chi connectivity index (χ0) is 21.8. The minimum atomic E-state index is -4.31. The molecule has 4 nitrogen and oxygen atoms in total. The first-order valence-electron chi connectivity index (χ1n) is 10.3. The lowest BCUT2D eigenvalue weighted by atomic mass is 9.92. The van der Waals surface area contributed by atoms with Crippen molar-refractivity contribution in [3.05, 3.63) is 59.6 Å². The van der Waals surface area contributed by atoms with Crippen LogP contribution in [0.4, 0.5) is 13.2 Å². The summed E-state index contributed by atoms with van der Waals surface area (Å²) in [6, 6.07) is 9.79. The van der Waals surface area contributed by atoms with Gasteiger partial charge in [-0.2, -0.15) is 13.2 Å². The van der Waals surface area contributed by atoms with E-state index in [-0.39, 0.29) is 17.8 Å². The van der Waals surface area contributed by atoms with Gasteiger partial charge in [0.25, 0.3) is 0 Å². The monoisotopic (exact) mass is 447 g/mol. The summed E-state index contributed by atoms with van der Waals surface area (Å²) >= 11 is 6.56. The smallest absolute Gasteiger partial charge is 0.391 e. The molecule has 162 valence electrons. The molecule has 0 amide bonds. The van der Waals surface area contributed by atoms with Crippen LogP contribution in [0.3, 0.4) is 0 Å². The van der Waals surface area contributed by atoms with E-state index in [9.17, 15) is 18.3 Å². The van der Waals surface area contributed by atoms with E-state index in [1.54, 1.807) is 12.3 Å². The Bertz CT molecular complexity index is 1260. The van der Waals surface area contributed by atoms with Gasteiger partial charge in [-0.15, -0.1) is 0 Å². The van der Waals surface area contributed by atoms with Crippen LogP contribution in [0.25, 0.3) is 27.7 Å². The van der Waals surface area contributed by atoms with Gasteiger partial charge in [0.2, 0.25) is 0 Å². The van der Waals surface area contributed by atoms with E-state index in [1.165, 1.54) is 10.6 Å². The fraction of sp³-hybridized carbons (Fsp3) is 0.348. The Morgan fingerprint density at radius 1 is 1.10 bits per heavy atom. The van der Waals surface area contributed by atoms with Crippen LogP contribution in [0.1, 0.15) is 37.4 Å². The summed E-state index contributed by atoms with van der Waals surface area (Å²) < 4.78 is 42.0. The van der Waals surface area contributed by atoms with Crippen LogP contribution in [0, 0.1) is 0 Å². The van der Waals surface area contributed by atoms with Crippen LogP contribution < -0.4 is 0 Å². The zero-order valence-corrected chi connectivity index (χ0v) is 17.4. The molecule has 0 aliphatic heterocycles. The van der Waals surface area contributed by atoms with Crippen molar-refractivity contribution >= 4 is 28.2 Å². The number of rotatable bonds is 3. The first-order chi connectivity index (χ1) is 14.8. The van der Waals surface area contributed by atoms with Crippen LogP contribution in [-0.4, -0.2) is 31.3 Å². The normalized spacial score (nSPS) is 20.0. The van der Waals surface area contributed by atoms with Crippen LogP contribution in [0.2, 0.25) is 5.02 Å². The lowest BCUT2D eigenvalue weighted by molar-refractivity contribution is -0.127. The second-order valence-corrected chi connectivity index (χ2v) is 8.57. The zero-order valence-electron chi connectivity index (χ0n) is 16.6. The summed E-state index contributed by atoms with van der Waals surface area (Å²) in [5, 5.41) is 11.8. The fourth-order valence-corrected chi connectivity index (χ4v) is 4.98. The fourth-order valence-electron chi connectivity index (χ4n) is 4.66. The molecule has 1 aliphatic rings. The molecule has 4 aromatic rings. The number of alkyl halides is 3. The molecule has 8 heteroatoms. The van der Waals surface area contributed by atoms with Gasteiger partial charge in [0.05, 0.1) is 29.3 Å². The van der Waals surface area contributed by atoms with Crippen LogP contribution >= 0.6 is 11.6 Å². The van der Waals surface area contributed by atoms with Gasteiger partial charge in [0.1, 0.15) is 0 Å². The third-order valence-corrected chi connectivity index (χ3v) is 6.53. The average molecular weight is 448 g/mol. The molecule has 1 aliphatic carbocycles. The molecular formula is C23H21ClF3N3O. The molecule has 2 atom stereocenters. The number of imidazole rings is 1. The van der Waals surface area contributed by atoms with E-state index in [0.29, 0.717) is 16.2 Å². The predicted octanol–water partition coefficient (Wildman–Crippen LogP) is 6.19. The van der Waals surface area contributed by atoms with Gasteiger partial charge in [-0.05, 0) is 42.7 Å². The van der Waals surface area contributed by atoms with E-state index in [0.717, 1.165) is 42.1 Å². The molecule has 31 heavy (non-hydrogen) atoms. The second-order valence-electron chi connectivity index (χ2n) is 8.19. The highest BCUT2D eigenvalue weighted by Crippen LogP contribution is 2.36. The molecule has 1 N–H and O–H groups in total. The SMILES string of the molecule is OC1CCCCC1n1ccc2cc(-c3ccn4c(CC(F)(F)F)cnc4c3Cl)ccc21. The van der Waals surface area contributed by atoms with E-state index < -0.39 is 12.6 Å². The van der Waals surface area contributed by atoms with Crippen molar-refractivity contribution < 1.29 is 18.3 Å². The van der Waals surface area contributed by atoms with Gasteiger partial charge in [-0.3, -0.25) is 0 Å². The number of halogens is 4. The minimum absolute atomic E-state index is 0.0505. The first kappa shape index (κ1) is 20.4. The number of hydrogen-bond donors (Lipinski definition) is 1. The Hall–Kier alpha value is -2.51.